The third kappa shape index (κ3) is 5.18. The van der Waals surface area contributed by atoms with Crippen molar-refractivity contribution >= 4 is 20.3 Å². The molecule has 0 radical (unpaired) electrons. The first-order valence-corrected chi connectivity index (χ1v) is 8.89. The molecule has 0 aliphatic rings. The van der Waals surface area contributed by atoms with Crippen molar-refractivity contribution in [1.29, 1.82) is 0 Å². The zero-order valence-electron chi connectivity index (χ0n) is 12.1. The maximum atomic E-state index is 11.6. The highest BCUT2D eigenvalue weighted by Gasteiger charge is 2.41. The van der Waals surface area contributed by atoms with Crippen LogP contribution in [0.2, 0.25) is 18.1 Å². The van der Waals surface area contributed by atoms with Gasteiger partial charge in [0, 0.05) is 6.42 Å². The second-order valence-corrected chi connectivity index (χ2v) is 10.6. The fraction of sp³-hybridized carbons (Fsp3) is 0.833. The van der Waals surface area contributed by atoms with E-state index in [2.05, 4.69) is 25.5 Å². The number of carbonyl (C=O) groups is 2. The van der Waals surface area contributed by atoms with Gasteiger partial charge in [-0.3, -0.25) is 4.79 Å². The van der Waals surface area contributed by atoms with Crippen molar-refractivity contribution in [3.8, 4) is 0 Å². The quantitative estimate of drug-likeness (QED) is 0.596. The number of ether oxygens (including phenoxy) is 1. The molecule has 0 saturated carbocycles. The molecule has 5 nitrogen and oxygen atoms in total. The number of methoxy groups -OCH3 is 1. The summed E-state index contributed by atoms with van der Waals surface area (Å²) in [7, 11) is -0.830. The molecule has 1 atom stereocenters. The maximum absolute atomic E-state index is 11.6. The Morgan fingerprint density at radius 1 is 1.28 bits per heavy atom. The molecule has 0 aliphatic heterocycles. The lowest BCUT2D eigenvalue weighted by molar-refractivity contribution is -0.150. The normalized spacial score (nSPS) is 14.1. The highest BCUT2D eigenvalue weighted by Crippen LogP contribution is 2.37. The van der Waals surface area contributed by atoms with Crippen LogP contribution in [0.25, 0.3) is 0 Å². The average molecular weight is 276 g/mol. The average Bonchev–Trinajstić information content (AvgIpc) is 2.21. The van der Waals surface area contributed by atoms with Gasteiger partial charge < -0.3 is 14.3 Å². The molecular formula is C12H24O5Si. The van der Waals surface area contributed by atoms with Crippen LogP contribution in [0.15, 0.2) is 0 Å². The van der Waals surface area contributed by atoms with Gasteiger partial charge in [-0.25, -0.2) is 4.79 Å². The van der Waals surface area contributed by atoms with E-state index in [-0.39, 0.29) is 17.9 Å². The highest BCUT2D eigenvalue weighted by atomic mass is 28.4. The van der Waals surface area contributed by atoms with Crippen LogP contribution in [-0.2, 0) is 18.8 Å². The summed E-state index contributed by atoms with van der Waals surface area (Å²) in [4.78, 5) is 22.2. The summed E-state index contributed by atoms with van der Waals surface area (Å²) < 4.78 is 10.6. The molecule has 0 amide bonds. The molecule has 1 N–H and O–H groups in total. The number of hydrogen-bond acceptors (Lipinski definition) is 4. The van der Waals surface area contributed by atoms with Gasteiger partial charge in [-0.2, -0.15) is 0 Å². The van der Waals surface area contributed by atoms with Gasteiger partial charge in [0.2, 0.25) is 0 Å². The van der Waals surface area contributed by atoms with Crippen molar-refractivity contribution in [2.45, 2.75) is 57.8 Å². The van der Waals surface area contributed by atoms with E-state index in [1.54, 1.807) is 0 Å². The molecule has 6 heteroatoms. The Hall–Kier alpha value is -0.883. The molecule has 0 heterocycles. The number of rotatable bonds is 6. The van der Waals surface area contributed by atoms with Crippen LogP contribution in [0, 0.1) is 0 Å². The highest BCUT2D eigenvalue weighted by molar-refractivity contribution is 6.74. The number of esters is 1. The molecule has 0 aliphatic carbocycles. The molecule has 0 rings (SSSR count). The summed E-state index contributed by atoms with van der Waals surface area (Å²) in [6, 6.07) is 0. The van der Waals surface area contributed by atoms with E-state index in [4.69, 9.17) is 9.53 Å². The number of carboxylic acid groups (broad SMARTS) is 1. The van der Waals surface area contributed by atoms with Crippen LogP contribution in [0.5, 0.6) is 0 Å². The Morgan fingerprint density at radius 3 is 2.11 bits per heavy atom. The summed E-state index contributed by atoms with van der Waals surface area (Å²) in [6.07, 6.45) is -0.741. The smallest absolute Gasteiger partial charge is 0.333 e. The standard InChI is InChI=1S/C12H24O5Si/c1-12(2,3)18(5,6)17-9(11(15)16-4)7-8-10(13)14/h9H,7-8H2,1-6H3,(H,13,14). The van der Waals surface area contributed by atoms with E-state index in [0.29, 0.717) is 0 Å². The zero-order valence-corrected chi connectivity index (χ0v) is 13.1. The Kier molecular flexibility index (Phi) is 6.02. The Balaban J connectivity index is 4.79. The molecule has 0 aromatic rings. The summed E-state index contributed by atoms with van der Waals surface area (Å²) in [5.41, 5.74) is 0. The third-order valence-electron chi connectivity index (χ3n) is 3.33. The summed E-state index contributed by atoms with van der Waals surface area (Å²) in [5.74, 6) is -1.44. The van der Waals surface area contributed by atoms with Crippen molar-refractivity contribution in [3.05, 3.63) is 0 Å². The minimum Gasteiger partial charge on any atom is -0.481 e. The first-order valence-electron chi connectivity index (χ1n) is 5.98. The number of carbonyl (C=O) groups excluding carboxylic acids is 1. The van der Waals surface area contributed by atoms with Crippen LogP contribution in [-0.4, -0.2) is 38.6 Å². The first-order chi connectivity index (χ1) is 8.01. The van der Waals surface area contributed by atoms with Crippen LogP contribution in [0.1, 0.15) is 33.6 Å². The maximum Gasteiger partial charge on any atom is 0.333 e. The number of aliphatic carboxylic acids is 1. The van der Waals surface area contributed by atoms with Gasteiger partial charge in [0.25, 0.3) is 0 Å². The lowest BCUT2D eigenvalue weighted by Crippen LogP contribution is -2.46. The van der Waals surface area contributed by atoms with E-state index >= 15 is 0 Å². The van der Waals surface area contributed by atoms with Crippen LogP contribution < -0.4 is 0 Å². The third-order valence-corrected chi connectivity index (χ3v) is 7.81. The van der Waals surface area contributed by atoms with Gasteiger partial charge in [-0.1, -0.05) is 20.8 Å². The molecule has 1 unspecified atom stereocenters. The van der Waals surface area contributed by atoms with Crippen molar-refractivity contribution < 1.29 is 23.9 Å². The first kappa shape index (κ1) is 17.1. The van der Waals surface area contributed by atoms with Crippen LogP contribution in [0.4, 0.5) is 0 Å². The molecule has 0 saturated heterocycles. The van der Waals surface area contributed by atoms with Crippen LogP contribution in [0.3, 0.4) is 0 Å². The molecule has 0 bridgehead atoms. The van der Waals surface area contributed by atoms with E-state index in [0.717, 1.165) is 0 Å². The fourth-order valence-corrected chi connectivity index (χ4v) is 2.42. The minimum atomic E-state index is -2.11. The van der Waals surface area contributed by atoms with Crippen molar-refractivity contribution in [2.75, 3.05) is 7.11 Å². The predicted octanol–water partition coefficient (Wildman–Crippen LogP) is 2.41. The van der Waals surface area contributed by atoms with Gasteiger partial charge in [0.1, 0.15) is 6.10 Å². The summed E-state index contributed by atoms with van der Waals surface area (Å²) in [5, 5.41) is 8.64. The van der Waals surface area contributed by atoms with Gasteiger partial charge in [-0.05, 0) is 24.6 Å². The van der Waals surface area contributed by atoms with Crippen molar-refractivity contribution in [2.24, 2.45) is 0 Å². The molecule has 0 spiro atoms. The van der Waals surface area contributed by atoms with Crippen molar-refractivity contribution in [1.82, 2.24) is 0 Å². The van der Waals surface area contributed by atoms with E-state index in [1.165, 1.54) is 7.11 Å². The van der Waals surface area contributed by atoms with Gasteiger partial charge in [0.05, 0.1) is 7.11 Å². The van der Waals surface area contributed by atoms with E-state index in [9.17, 15) is 9.59 Å². The summed E-state index contributed by atoms with van der Waals surface area (Å²) in [6.45, 7) is 10.2. The fourth-order valence-electron chi connectivity index (χ4n) is 1.14. The molecule has 18 heavy (non-hydrogen) atoms. The number of hydrogen-bond donors (Lipinski definition) is 1. The molecule has 106 valence electrons. The van der Waals surface area contributed by atoms with Crippen molar-refractivity contribution in [3.63, 3.8) is 0 Å². The Labute approximate surface area is 110 Å². The monoisotopic (exact) mass is 276 g/mol. The molecule has 0 aromatic carbocycles. The van der Waals surface area contributed by atoms with Crippen LogP contribution >= 0.6 is 0 Å². The predicted molar refractivity (Wildman–Crippen MR) is 71.0 cm³/mol. The van der Waals surface area contributed by atoms with E-state index in [1.807, 2.05) is 13.1 Å². The number of carboxylic acids is 1. The molecule has 0 fully saturated rings. The van der Waals surface area contributed by atoms with Gasteiger partial charge in [0.15, 0.2) is 8.32 Å². The SMILES string of the molecule is COC(=O)C(CCC(=O)O)O[Si](C)(C)C(C)(C)C. The largest absolute Gasteiger partial charge is 0.481 e. The zero-order chi connectivity index (χ0) is 14.6. The molecule has 0 aromatic heterocycles. The second-order valence-electron chi connectivity index (χ2n) is 5.82. The Morgan fingerprint density at radius 2 is 1.78 bits per heavy atom. The molecular weight excluding hydrogens is 252 g/mol. The van der Waals surface area contributed by atoms with Gasteiger partial charge >= 0.3 is 11.9 Å². The Bertz CT molecular complexity index is 306. The summed E-state index contributed by atoms with van der Waals surface area (Å²) >= 11 is 0. The lowest BCUT2D eigenvalue weighted by Gasteiger charge is -2.38. The second kappa shape index (κ2) is 6.33. The topological polar surface area (TPSA) is 72.8 Å². The van der Waals surface area contributed by atoms with E-state index < -0.39 is 26.4 Å². The minimum absolute atomic E-state index is 0.0392. The van der Waals surface area contributed by atoms with Gasteiger partial charge in [-0.15, -0.1) is 0 Å². The lowest BCUT2D eigenvalue weighted by atomic mass is 10.2.